The van der Waals surface area contributed by atoms with Gasteiger partial charge in [0.25, 0.3) is 0 Å². The van der Waals surface area contributed by atoms with Gasteiger partial charge in [-0.15, -0.1) is 0 Å². The summed E-state index contributed by atoms with van der Waals surface area (Å²) in [6.07, 6.45) is 7.83. The number of benzene rings is 2. The zero-order valence-electron chi connectivity index (χ0n) is 14.9. The van der Waals surface area contributed by atoms with E-state index in [0.29, 0.717) is 22.6 Å². The van der Waals surface area contributed by atoms with Crippen LogP contribution in [0.15, 0.2) is 48.5 Å². The van der Waals surface area contributed by atoms with Gasteiger partial charge in [0.05, 0.1) is 0 Å². The van der Waals surface area contributed by atoms with Crippen molar-refractivity contribution in [2.75, 3.05) is 0 Å². The van der Waals surface area contributed by atoms with Crippen LogP contribution in [0.3, 0.4) is 0 Å². The third-order valence-electron chi connectivity index (χ3n) is 4.29. The number of carboxylic acid groups (broad SMARTS) is 1. The molecule has 0 radical (unpaired) electrons. The number of carbonyl (C=O) groups is 2. The first-order valence-corrected chi connectivity index (χ1v) is 9.15. The summed E-state index contributed by atoms with van der Waals surface area (Å²) in [6.45, 7) is 1.95. The minimum Gasteiger partial charge on any atom is -0.481 e. The van der Waals surface area contributed by atoms with Crippen LogP contribution in [0.4, 0.5) is 0 Å². The molecule has 2 rings (SSSR count). The molecular formula is C22H23ClO3. The lowest BCUT2D eigenvalue weighted by atomic mass is 9.95. The average Bonchev–Trinajstić information content (AvgIpc) is 2.62. The molecule has 26 heavy (non-hydrogen) atoms. The highest BCUT2D eigenvalue weighted by molar-refractivity contribution is 6.30. The molecule has 0 aliphatic rings. The number of halogens is 1. The number of hydrogen-bond acceptors (Lipinski definition) is 2. The summed E-state index contributed by atoms with van der Waals surface area (Å²) in [5, 5.41) is 9.22. The number of allylic oxidation sites excluding steroid dienone is 1. The van der Waals surface area contributed by atoms with Crippen molar-refractivity contribution in [1.82, 2.24) is 0 Å². The van der Waals surface area contributed by atoms with E-state index in [1.807, 2.05) is 31.2 Å². The Balaban J connectivity index is 2.00. The molecule has 0 atom stereocenters. The van der Waals surface area contributed by atoms with Crippen molar-refractivity contribution >= 4 is 29.4 Å². The van der Waals surface area contributed by atoms with E-state index in [1.54, 1.807) is 24.3 Å². The van der Waals surface area contributed by atoms with E-state index in [1.165, 1.54) is 0 Å². The number of unbranched alkanes of at least 4 members (excludes halogenated alkanes) is 3. The minimum atomic E-state index is -0.738. The molecule has 2 aromatic carbocycles. The molecule has 0 aliphatic carbocycles. The van der Waals surface area contributed by atoms with Gasteiger partial charge in [0.1, 0.15) is 0 Å². The van der Waals surface area contributed by atoms with E-state index in [0.717, 1.165) is 30.4 Å². The first-order chi connectivity index (χ1) is 12.5. The molecule has 0 spiro atoms. The lowest BCUT2D eigenvalue weighted by Gasteiger charge is -2.08. The third-order valence-corrected chi connectivity index (χ3v) is 4.54. The second kappa shape index (κ2) is 9.93. The molecule has 0 aromatic heterocycles. The number of carboxylic acids is 1. The van der Waals surface area contributed by atoms with Gasteiger partial charge >= 0.3 is 5.97 Å². The summed E-state index contributed by atoms with van der Waals surface area (Å²) in [4.78, 5) is 23.2. The van der Waals surface area contributed by atoms with Gasteiger partial charge in [-0.25, -0.2) is 0 Å². The second-order valence-corrected chi connectivity index (χ2v) is 6.69. The summed E-state index contributed by atoms with van der Waals surface area (Å²) >= 11 is 5.89. The molecule has 0 amide bonds. The van der Waals surface area contributed by atoms with Crippen LogP contribution in [-0.4, -0.2) is 16.9 Å². The van der Waals surface area contributed by atoms with Crippen LogP contribution in [0.25, 0.3) is 6.08 Å². The van der Waals surface area contributed by atoms with Crippen LogP contribution >= 0.6 is 11.6 Å². The van der Waals surface area contributed by atoms with Gasteiger partial charge in [-0.2, -0.15) is 0 Å². The topological polar surface area (TPSA) is 54.4 Å². The Kier molecular flexibility index (Phi) is 7.61. The Morgan fingerprint density at radius 3 is 2.46 bits per heavy atom. The first-order valence-electron chi connectivity index (χ1n) is 8.77. The van der Waals surface area contributed by atoms with Gasteiger partial charge in [0, 0.05) is 22.6 Å². The van der Waals surface area contributed by atoms with Crippen molar-refractivity contribution in [1.29, 1.82) is 0 Å². The molecule has 136 valence electrons. The minimum absolute atomic E-state index is 0.0110. The molecule has 0 aliphatic heterocycles. The fourth-order valence-electron chi connectivity index (χ4n) is 2.76. The SMILES string of the molecule is Cc1c(C=CCCCCCC(=O)O)cccc1C(=O)c1ccc(Cl)cc1. The van der Waals surface area contributed by atoms with Crippen LogP contribution in [0.2, 0.25) is 5.02 Å². The Labute approximate surface area is 159 Å². The van der Waals surface area contributed by atoms with E-state index in [2.05, 4.69) is 6.08 Å². The molecule has 3 nitrogen and oxygen atoms in total. The summed E-state index contributed by atoms with van der Waals surface area (Å²) < 4.78 is 0. The maximum Gasteiger partial charge on any atom is 0.303 e. The highest BCUT2D eigenvalue weighted by Gasteiger charge is 2.12. The molecule has 0 heterocycles. The molecule has 0 bridgehead atoms. The Hall–Kier alpha value is -2.39. The average molecular weight is 371 g/mol. The zero-order chi connectivity index (χ0) is 18.9. The Morgan fingerprint density at radius 1 is 1.04 bits per heavy atom. The smallest absolute Gasteiger partial charge is 0.303 e. The standard InChI is InChI=1S/C22H23ClO3/c1-16-17(8-5-3-2-4-6-11-21(24)25)9-7-10-20(16)22(26)18-12-14-19(23)15-13-18/h5,7-10,12-15H,2-4,6,11H2,1H3,(H,24,25). The van der Waals surface area contributed by atoms with Gasteiger partial charge < -0.3 is 5.11 Å². The molecule has 0 saturated heterocycles. The van der Waals surface area contributed by atoms with Gasteiger partial charge in [0.15, 0.2) is 5.78 Å². The van der Waals surface area contributed by atoms with Crippen molar-refractivity contribution in [2.45, 2.75) is 39.0 Å². The van der Waals surface area contributed by atoms with Gasteiger partial charge in [-0.3, -0.25) is 9.59 Å². The van der Waals surface area contributed by atoms with Crippen LogP contribution in [0, 0.1) is 6.92 Å². The van der Waals surface area contributed by atoms with Gasteiger partial charge in [0.2, 0.25) is 0 Å². The lowest BCUT2D eigenvalue weighted by Crippen LogP contribution is -2.04. The molecular weight excluding hydrogens is 348 g/mol. The van der Waals surface area contributed by atoms with Gasteiger partial charge in [-0.05, 0) is 61.6 Å². The largest absolute Gasteiger partial charge is 0.481 e. The van der Waals surface area contributed by atoms with E-state index < -0.39 is 5.97 Å². The number of hydrogen-bond donors (Lipinski definition) is 1. The number of aliphatic carboxylic acids is 1. The summed E-state index contributed by atoms with van der Waals surface area (Å²) in [6, 6.07) is 12.6. The van der Waals surface area contributed by atoms with E-state index in [4.69, 9.17) is 16.7 Å². The summed E-state index contributed by atoms with van der Waals surface area (Å²) in [5.41, 5.74) is 3.29. The zero-order valence-corrected chi connectivity index (χ0v) is 15.6. The fraction of sp³-hybridized carbons (Fsp3) is 0.273. The van der Waals surface area contributed by atoms with Crippen LogP contribution in [-0.2, 0) is 4.79 Å². The lowest BCUT2D eigenvalue weighted by molar-refractivity contribution is -0.137. The normalized spacial score (nSPS) is 11.0. The van der Waals surface area contributed by atoms with E-state index in [9.17, 15) is 9.59 Å². The molecule has 0 unspecified atom stereocenters. The first kappa shape index (κ1) is 19.9. The quantitative estimate of drug-likeness (QED) is 0.439. The highest BCUT2D eigenvalue weighted by atomic mass is 35.5. The van der Waals surface area contributed by atoms with Crippen LogP contribution < -0.4 is 0 Å². The third kappa shape index (κ3) is 5.85. The van der Waals surface area contributed by atoms with E-state index in [-0.39, 0.29) is 12.2 Å². The van der Waals surface area contributed by atoms with Crippen molar-refractivity contribution in [3.63, 3.8) is 0 Å². The monoisotopic (exact) mass is 370 g/mol. The molecule has 2 aromatic rings. The van der Waals surface area contributed by atoms with Crippen LogP contribution in [0.5, 0.6) is 0 Å². The Morgan fingerprint density at radius 2 is 1.77 bits per heavy atom. The summed E-state index contributed by atoms with van der Waals surface area (Å²) in [5.74, 6) is -0.749. The molecule has 0 saturated carbocycles. The Bertz CT molecular complexity index is 792. The van der Waals surface area contributed by atoms with Gasteiger partial charge in [-0.1, -0.05) is 48.4 Å². The molecule has 0 fully saturated rings. The molecule has 4 heteroatoms. The summed E-state index contributed by atoms with van der Waals surface area (Å²) in [7, 11) is 0. The van der Waals surface area contributed by atoms with Crippen molar-refractivity contribution < 1.29 is 14.7 Å². The maximum atomic E-state index is 12.7. The maximum absolute atomic E-state index is 12.7. The van der Waals surface area contributed by atoms with Crippen molar-refractivity contribution in [3.8, 4) is 0 Å². The predicted molar refractivity (Wildman–Crippen MR) is 106 cm³/mol. The predicted octanol–water partition coefficient (Wildman–Crippen LogP) is 5.93. The van der Waals surface area contributed by atoms with Crippen molar-refractivity contribution in [3.05, 3.63) is 75.8 Å². The molecule has 1 N–H and O–H groups in total. The number of rotatable bonds is 9. The second-order valence-electron chi connectivity index (χ2n) is 6.25. The highest BCUT2D eigenvalue weighted by Crippen LogP contribution is 2.20. The fourth-order valence-corrected chi connectivity index (χ4v) is 2.89. The number of ketones is 1. The van der Waals surface area contributed by atoms with Crippen molar-refractivity contribution in [2.24, 2.45) is 0 Å². The van der Waals surface area contributed by atoms with Crippen LogP contribution in [0.1, 0.15) is 59.2 Å². The number of carbonyl (C=O) groups excluding carboxylic acids is 1. The van der Waals surface area contributed by atoms with E-state index >= 15 is 0 Å².